The number of amides is 2. The van der Waals surface area contributed by atoms with Crippen LogP contribution in [0.2, 0.25) is 0 Å². The van der Waals surface area contributed by atoms with Gasteiger partial charge >= 0.3 is 0 Å². The number of fused-ring (bicyclic) bond motifs is 1. The van der Waals surface area contributed by atoms with Gasteiger partial charge in [0.05, 0.1) is 17.4 Å². The van der Waals surface area contributed by atoms with Crippen molar-refractivity contribution in [2.24, 2.45) is 0 Å². The number of anilines is 2. The fourth-order valence-corrected chi connectivity index (χ4v) is 2.68. The van der Waals surface area contributed by atoms with Crippen molar-refractivity contribution in [3.05, 3.63) is 24.3 Å². The van der Waals surface area contributed by atoms with Crippen LogP contribution in [0, 0.1) is 0 Å². The van der Waals surface area contributed by atoms with Crippen LogP contribution in [0.15, 0.2) is 24.3 Å². The van der Waals surface area contributed by atoms with Gasteiger partial charge < -0.3 is 10.6 Å². The van der Waals surface area contributed by atoms with Gasteiger partial charge in [-0.25, -0.2) is 0 Å². The van der Waals surface area contributed by atoms with E-state index in [9.17, 15) is 9.59 Å². The van der Waals surface area contributed by atoms with Crippen LogP contribution >= 0.6 is 0 Å². The first kappa shape index (κ1) is 12.2. The van der Waals surface area contributed by atoms with Gasteiger partial charge in [-0.15, -0.1) is 0 Å². The summed E-state index contributed by atoms with van der Waals surface area (Å²) in [7, 11) is 0. The number of carbonyl (C=O) groups excluding carboxylic acids is 2. The van der Waals surface area contributed by atoms with Gasteiger partial charge in [0.15, 0.2) is 0 Å². The summed E-state index contributed by atoms with van der Waals surface area (Å²) in [4.78, 5) is 25.8. The molecule has 2 aliphatic rings. The summed E-state index contributed by atoms with van der Waals surface area (Å²) in [5, 5.41) is 6.03. The molecule has 0 bridgehead atoms. The fourth-order valence-electron chi connectivity index (χ4n) is 2.68. The van der Waals surface area contributed by atoms with Crippen LogP contribution in [0.1, 0.15) is 19.3 Å². The lowest BCUT2D eigenvalue weighted by atomic mass is 10.0. The number of hydrogen-bond acceptors (Lipinski definition) is 3. The maximum absolute atomic E-state index is 12.5. The van der Waals surface area contributed by atoms with Gasteiger partial charge in [0.2, 0.25) is 11.8 Å². The molecule has 3 rings (SSSR count). The molecule has 0 aromatic heterocycles. The van der Waals surface area contributed by atoms with Crippen molar-refractivity contribution in [2.45, 2.75) is 25.3 Å². The molecule has 1 saturated heterocycles. The van der Waals surface area contributed by atoms with Gasteiger partial charge in [-0.05, 0) is 31.5 Å². The normalized spacial score (nSPS) is 22.6. The molecule has 1 aromatic rings. The summed E-state index contributed by atoms with van der Waals surface area (Å²) in [6, 6.07) is 7.26. The third kappa shape index (κ3) is 2.33. The topological polar surface area (TPSA) is 61.4 Å². The minimum absolute atomic E-state index is 0.00185. The molecule has 19 heavy (non-hydrogen) atoms. The summed E-state index contributed by atoms with van der Waals surface area (Å²) < 4.78 is 0. The lowest BCUT2D eigenvalue weighted by molar-refractivity contribution is -0.123. The first-order chi connectivity index (χ1) is 9.25. The van der Waals surface area contributed by atoms with Crippen LogP contribution in [0.25, 0.3) is 0 Å². The highest BCUT2D eigenvalue weighted by atomic mass is 16.2. The molecule has 0 unspecified atom stereocenters. The monoisotopic (exact) mass is 259 g/mol. The number of nitrogens with zero attached hydrogens (tertiary/aromatic N) is 1. The molecular formula is C14H17N3O2. The Hall–Kier alpha value is -1.88. The Kier molecular flexibility index (Phi) is 3.21. The van der Waals surface area contributed by atoms with E-state index in [4.69, 9.17) is 0 Å². The van der Waals surface area contributed by atoms with Crippen molar-refractivity contribution < 1.29 is 9.59 Å². The van der Waals surface area contributed by atoms with Crippen molar-refractivity contribution in [1.82, 2.24) is 5.32 Å². The summed E-state index contributed by atoms with van der Waals surface area (Å²) in [5.74, 6) is -0.134. The highest BCUT2D eigenvalue weighted by Crippen LogP contribution is 2.29. The van der Waals surface area contributed by atoms with E-state index in [0.29, 0.717) is 5.69 Å². The van der Waals surface area contributed by atoms with Gasteiger partial charge in [0.1, 0.15) is 6.54 Å². The average molecular weight is 259 g/mol. The molecule has 2 heterocycles. The second kappa shape index (κ2) is 5.01. The minimum Gasteiger partial charge on any atom is -0.323 e. The van der Waals surface area contributed by atoms with Crippen molar-refractivity contribution in [3.63, 3.8) is 0 Å². The summed E-state index contributed by atoms with van der Waals surface area (Å²) in [6.07, 6.45) is 3.02. The van der Waals surface area contributed by atoms with E-state index in [1.165, 1.54) is 0 Å². The summed E-state index contributed by atoms with van der Waals surface area (Å²) in [5.41, 5.74) is 1.50. The van der Waals surface area contributed by atoms with Crippen LogP contribution in [0.4, 0.5) is 11.4 Å². The number of para-hydroxylation sites is 2. The molecule has 0 radical (unpaired) electrons. The summed E-state index contributed by atoms with van der Waals surface area (Å²) >= 11 is 0. The Morgan fingerprint density at radius 1 is 1.26 bits per heavy atom. The van der Waals surface area contributed by atoms with E-state index in [0.717, 1.165) is 31.5 Å². The quantitative estimate of drug-likeness (QED) is 0.794. The van der Waals surface area contributed by atoms with Crippen molar-refractivity contribution in [3.8, 4) is 0 Å². The molecule has 0 saturated carbocycles. The second-order valence-electron chi connectivity index (χ2n) is 4.99. The van der Waals surface area contributed by atoms with E-state index in [1.807, 2.05) is 24.3 Å². The molecule has 2 aliphatic heterocycles. The Balaban J connectivity index is 1.87. The molecule has 100 valence electrons. The van der Waals surface area contributed by atoms with Crippen molar-refractivity contribution in [1.29, 1.82) is 0 Å². The molecule has 2 N–H and O–H groups in total. The van der Waals surface area contributed by atoms with E-state index in [2.05, 4.69) is 10.6 Å². The first-order valence-corrected chi connectivity index (χ1v) is 6.69. The second-order valence-corrected chi connectivity index (χ2v) is 4.99. The Bertz CT molecular complexity index is 509. The maximum atomic E-state index is 12.5. The predicted molar refractivity (Wildman–Crippen MR) is 73.1 cm³/mol. The van der Waals surface area contributed by atoms with Crippen LogP contribution < -0.4 is 15.5 Å². The van der Waals surface area contributed by atoms with Gasteiger partial charge in [-0.2, -0.15) is 0 Å². The van der Waals surface area contributed by atoms with Gasteiger partial charge in [-0.3, -0.25) is 14.5 Å². The Morgan fingerprint density at radius 3 is 2.89 bits per heavy atom. The number of nitrogens with one attached hydrogen (secondary N) is 2. The third-order valence-corrected chi connectivity index (χ3v) is 3.65. The fraction of sp³-hybridized carbons (Fsp3) is 0.429. The number of carbonyl (C=O) groups is 2. The zero-order chi connectivity index (χ0) is 13.2. The highest BCUT2D eigenvalue weighted by Gasteiger charge is 2.31. The Morgan fingerprint density at radius 2 is 2.11 bits per heavy atom. The lowest BCUT2D eigenvalue weighted by Gasteiger charge is -2.33. The standard InChI is InChI=1S/C14H17N3O2/c18-13-9-17(12-7-2-1-5-10(12)16-13)14(19)11-6-3-4-8-15-11/h1-2,5,7,11,15H,3-4,6,8-9H2,(H,16,18)/t11-/m1/s1. The Labute approximate surface area is 112 Å². The minimum atomic E-state index is -0.160. The molecule has 5 nitrogen and oxygen atoms in total. The van der Waals surface area contributed by atoms with Crippen molar-refractivity contribution >= 4 is 23.2 Å². The molecule has 2 amide bonds. The SMILES string of the molecule is O=C1CN(C(=O)[C@H]2CCCCN2)c2ccccc2N1. The van der Waals surface area contributed by atoms with Crippen LogP contribution in [0.3, 0.4) is 0 Å². The molecule has 1 atom stereocenters. The molecule has 1 aromatic carbocycles. The molecule has 5 heteroatoms. The van der Waals surface area contributed by atoms with Gasteiger partial charge in [0, 0.05) is 0 Å². The van der Waals surface area contributed by atoms with Gasteiger partial charge in [0.25, 0.3) is 0 Å². The zero-order valence-electron chi connectivity index (χ0n) is 10.7. The van der Waals surface area contributed by atoms with Crippen molar-refractivity contribution in [2.75, 3.05) is 23.3 Å². The van der Waals surface area contributed by atoms with Crippen LogP contribution in [0.5, 0.6) is 0 Å². The number of hydrogen-bond donors (Lipinski definition) is 2. The molecule has 1 fully saturated rings. The zero-order valence-corrected chi connectivity index (χ0v) is 10.7. The summed E-state index contributed by atoms with van der Waals surface area (Å²) in [6.45, 7) is 0.978. The molecule has 0 aliphatic carbocycles. The van der Waals surface area contributed by atoms with E-state index < -0.39 is 0 Å². The number of piperidine rings is 1. The van der Waals surface area contributed by atoms with E-state index >= 15 is 0 Å². The number of benzene rings is 1. The highest BCUT2D eigenvalue weighted by molar-refractivity contribution is 6.11. The van der Waals surface area contributed by atoms with E-state index in [-0.39, 0.29) is 24.4 Å². The maximum Gasteiger partial charge on any atom is 0.244 e. The van der Waals surface area contributed by atoms with E-state index in [1.54, 1.807) is 4.90 Å². The third-order valence-electron chi connectivity index (χ3n) is 3.65. The molecular weight excluding hydrogens is 242 g/mol. The largest absolute Gasteiger partial charge is 0.323 e. The number of rotatable bonds is 1. The first-order valence-electron chi connectivity index (χ1n) is 6.69. The average Bonchev–Trinajstić information content (AvgIpc) is 2.46. The van der Waals surface area contributed by atoms with Gasteiger partial charge in [-0.1, -0.05) is 18.6 Å². The molecule has 0 spiro atoms. The predicted octanol–water partition coefficient (Wildman–Crippen LogP) is 1.11. The van der Waals surface area contributed by atoms with Crippen LogP contribution in [-0.4, -0.2) is 30.9 Å². The lowest BCUT2D eigenvalue weighted by Crippen LogP contribution is -2.52. The smallest absolute Gasteiger partial charge is 0.244 e. The van der Waals surface area contributed by atoms with Crippen LogP contribution in [-0.2, 0) is 9.59 Å².